The molecule has 0 spiro atoms. The number of benzene rings is 2. The fourth-order valence-corrected chi connectivity index (χ4v) is 1.45. The lowest BCUT2D eigenvalue weighted by molar-refractivity contribution is 0.277. The summed E-state index contributed by atoms with van der Waals surface area (Å²) in [5.41, 5.74) is 3.58. The molecule has 0 aliphatic heterocycles. The van der Waals surface area contributed by atoms with Crippen LogP contribution in [-0.4, -0.2) is 14.2 Å². The zero-order valence-corrected chi connectivity index (χ0v) is 13.8. The Hall–Kier alpha value is -2.06. The molecular weight excluding hydrogens is 258 g/mol. The smallest absolute Gasteiger partial charge is 0.0379 e. The van der Waals surface area contributed by atoms with Gasteiger partial charge >= 0.3 is 0 Å². The fourth-order valence-electron chi connectivity index (χ4n) is 1.45. The van der Waals surface area contributed by atoms with Gasteiger partial charge in [0.05, 0.1) is 0 Å². The summed E-state index contributed by atoms with van der Waals surface area (Å²) in [4.78, 5) is 0. The summed E-state index contributed by atoms with van der Waals surface area (Å²) in [6.45, 7) is 6.09. The molecule has 0 aromatic heterocycles. The van der Waals surface area contributed by atoms with Gasteiger partial charge in [0, 0.05) is 26.1 Å². The number of hydrogen-bond acceptors (Lipinski definition) is 2. The summed E-state index contributed by atoms with van der Waals surface area (Å²) in [5, 5.41) is 3.24. The molecule has 0 aliphatic rings. The minimum absolute atomic E-state index is 1.11. The maximum atomic E-state index is 4.25. The highest BCUT2D eigenvalue weighted by atomic mass is 16.4. The van der Waals surface area contributed by atoms with Crippen molar-refractivity contribution in [1.82, 2.24) is 0 Å². The third kappa shape index (κ3) is 9.47. The lowest BCUT2D eigenvalue weighted by Crippen LogP contribution is -1.86. The van der Waals surface area contributed by atoms with Gasteiger partial charge in [0.1, 0.15) is 0 Å². The van der Waals surface area contributed by atoms with Crippen molar-refractivity contribution in [1.29, 1.82) is 0 Å². The first kappa shape index (κ1) is 18.9. The van der Waals surface area contributed by atoms with Crippen LogP contribution in [0.1, 0.15) is 25.0 Å². The second-order valence-corrected chi connectivity index (χ2v) is 4.16. The van der Waals surface area contributed by atoms with E-state index in [-0.39, 0.29) is 0 Å². The molecule has 0 heterocycles. The zero-order chi connectivity index (χ0) is 15.9. The van der Waals surface area contributed by atoms with Crippen molar-refractivity contribution in [2.75, 3.05) is 19.5 Å². The molecule has 1 N–H and O–H groups in total. The summed E-state index contributed by atoms with van der Waals surface area (Å²) in [5.74, 6) is 0. The van der Waals surface area contributed by atoms with Gasteiger partial charge in [-0.3, -0.25) is 0 Å². The van der Waals surface area contributed by atoms with Gasteiger partial charge in [0.25, 0.3) is 0 Å². The Morgan fingerprint density at radius 2 is 1.38 bits per heavy atom. The molecule has 0 amide bonds. The Morgan fingerprint density at radius 3 is 1.90 bits per heavy atom. The monoisotopic (exact) mass is 285 g/mol. The van der Waals surface area contributed by atoms with E-state index in [4.69, 9.17) is 0 Å². The van der Waals surface area contributed by atoms with E-state index < -0.39 is 0 Å². The second-order valence-electron chi connectivity index (χ2n) is 4.16. The van der Waals surface area contributed by atoms with Gasteiger partial charge in [-0.15, -0.1) is 0 Å². The highest BCUT2D eigenvalue weighted by molar-refractivity contribution is 5.55. The largest absolute Gasteiger partial charge is 0.388 e. The Balaban J connectivity index is 0.000000713. The van der Waals surface area contributed by atoms with Gasteiger partial charge in [-0.05, 0) is 30.7 Å². The molecule has 0 saturated carbocycles. The molecule has 0 unspecified atom stereocenters. The van der Waals surface area contributed by atoms with Gasteiger partial charge in [-0.2, -0.15) is 0 Å². The molecule has 0 fully saturated rings. The van der Waals surface area contributed by atoms with Crippen LogP contribution in [0.5, 0.6) is 0 Å². The van der Waals surface area contributed by atoms with Crippen molar-refractivity contribution in [3.8, 4) is 0 Å². The van der Waals surface area contributed by atoms with Crippen LogP contribution in [-0.2, 0) is 4.74 Å². The van der Waals surface area contributed by atoms with Crippen molar-refractivity contribution >= 4 is 11.8 Å². The average Bonchev–Trinajstić information content (AvgIpc) is 2.53. The highest BCUT2D eigenvalue weighted by Crippen LogP contribution is 2.09. The standard InChI is InChI=1S/C15H15N.C2H6O.C2H6/c1-13-7-9-15(10-8-13)16-12-11-14-5-3-2-4-6-14;1-3-2;1-2/h2-12,16H,1H3;1-2H3;1-2H3/b12-11+;;. The van der Waals surface area contributed by atoms with E-state index >= 15 is 0 Å². The number of rotatable bonds is 3. The normalized spacial score (nSPS) is 9.19. The van der Waals surface area contributed by atoms with Crippen LogP contribution in [0.3, 0.4) is 0 Å². The third-order valence-corrected chi connectivity index (χ3v) is 2.38. The van der Waals surface area contributed by atoms with E-state index in [0.29, 0.717) is 0 Å². The molecule has 2 nitrogen and oxygen atoms in total. The second kappa shape index (κ2) is 12.9. The molecule has 0 bridgehead atoms. The van der Waals surface area contributed by atoms with Gasteiger partial charge in [-0.1, -0.05) is 61.9 Å². The lowest BCUT2D eigenvalue weighted by Gasteiger charge is -2.00. The topological polar surface area (TPSA) is 21.3 Å². The molecule has 114 valence electrons. The first-order chi connectivity index (χ1) is 10.3. The molecule has 2 heteroatoms. The predicted molar refractivity (Wildman–Crippen MR) is 94.6 cm³/mol. The van der Waals surface area contributed by atoms with E-state index in [9.17, 15) is 0 Å². The molecule has 2 rings (SSSR count). The highest BCUT2D eigenvalue weighted by Gasteiger charge is 1.87. The third-order valence-electron chi connectivity index (χ3n) is 2.38. The number of nitrogens with one attached hydrogen (secondary N) is 1. The van der Waals surface area contributed by atoms with Gasteiger partial charge in [-0.25, -0.2) is 0 Å². The molecular formula is C19H27NO. The van der Waals surface area contributed by atoms with Crippen molar-refractivity contribution < 1.29 is 4.74 Å². The van der Waals surface area contributed by atoms with E-state index in [1.165, 1.54) is 11.1 Å². The number of ether oxygens (including phenoxy) is 1. The van der Waals surface area contributed by atoms with E-state index in [2.05, 4.69) is 59.5 Å². The molecule has 21 heavy (non-hydrogen) atoms. The van der Waals surface area contributed by atoms with Crippen molar-refractivity contribution in [3.05, 3.63) is 71.9 Å². The average molecular weight is 285 g/mol. The first-order valence-electron chi connectivity index (χ1n) is 7.21. The molecule has 0 aliphatic carbocycles. The van der Waals surface area contributed by atoms with Crippen LogP contribution in [0.25, 0.3) is 6.08 Å². The minimum Gasteiger partial charge on any atom is -0.388 e. The van der Waals surface area contributed by atoms with Crippen molar-refractivity contribution in [2.45, 2.75) is 20.8 Å². The quantitative estimate of drug-likeness (QED) is 0.819. The number of methoxy groups -OCH3 is 1. The lowest BCUT2D eigenvalue weighted by atomic mass is 10.2. The van der Waals surface area contributed by atoms with Gasteiger partial charge in [0.15, 0.2) is 0 Å². The molecule has 2 aromatic carbocycles. The Kier molecular flexibility index (Phi) is 11.7. The van der Waals surface area contributed by atoms with Crippen LogP contribution < -0.4 is 5.32 Å². The van der Waals surface area contributed by atoms with Crippen LogP contribution >= 0.6 is 0 Å². The Labute approximate surface area is 129 Å². The molecule has 0 atom stereocenters. The van der Waals surface area contributed by atoms with E-state index in [1.54, 1.807) is 14.2 Å². The molecule has 0 saturated heterocycles. The maximum absolute atomic E-state index is 4.25. The summed E-state index contributed by atoms with van der Waals surface area (Å²) >= 11 is 0. The zero-order valence-electron chi connectivity index (χ0n) is 13.8. The predicted octanol–water partition coefficient (Wildman–Crippen LogP) is 5.37. The van der Waals surface area contributed by atoms with Gasteiger partial charge in [0.2, 0.25) is 0 Å². The van der Waals surface area contributed by atoms with Crippen LogP contribution in [0.4, 0.5) is 5.69 Å². The Bertz CT molecular complexity index is 475. The maximum Gasteiger partial charge on any atom is 0.0379 e. The fraction of sp³-hybridized carbons (Fsp3) is 0.263. The van der Waals surface area contributed by atoms with Crippen molar-refractivity contribution in [3.63, 3.8) is 0 Å². The summed E-state index contributed by atoms with van der Waals surface area (Å²) in [6.07, 6.45) is 4.01. The minimum atomic E-state index is 1.11. The summed E-state index contributed by atoms with van der Waals surface area (Å²) in [6, 6.07) is 18.6. The van der Waals surface area contributed by atoms with Gasteiger partial charge < -0.3 is 10.1 Å². The molecule has 2 aromatic rings. The van der Waals surface area contributed by atoms with E-state index in [0.717, 1.165) is 5.69 Å². The molecule has 0 radical (unpaired) electrons. The summed E-state index contributed by atoms with van der Waals surface area (Å²) < 4.78 is 4.25. The van der Waals surface area contributed by atoms with Crippen LogP contribution in [0.2, 0.25) is 0 Å². The number of aryl methyl sites for hydroxylation is 1. The number of anilines is 1. The summed E-state index contributed by atoms with van der Waals surface area (Å²) in [7, 11) is 3.25. The van der Waals surface area contributed by atoms with Crippen LogP contribution in [0.15, 0.2) is 60.8 Å². The Morgan fingerprint density at radius 1 is 0.857 bits per heavy atom. The van der Waals surface area contributed by atoms with E-state index in [1.807, 2.05) is 38.2 Å². The first-order valence-corrected chi connectivity index (χ1v) is 7.21. The SMILES string of the molecule is CC.COC.Cc1ccc(N/C=C/c2ccccc2)cc1. The van der Waals surface area contributed by atoms with Crippen LogP contribution in [0, 0.1) is 6.92 Å². The van der Waals surface area contributed by atoms with Crippen molar-refractivity contribution in [2.24, 2.45) is 0 Å². The number of hydrogen-bond donors (Lipinski definition) is 1.